The number of halogens is 1. The van der Waals surface area contributed by atoms with Crippen molar-refractivity contribution in [2.24, 2.45) is 0 Å². The van der Waals surface area contributed by atoms with Gasteiger partial charge in [0.25, 0.3) is 5.91 Å². The van der Waals surface area contributed by atoms with Gasteiger partial charge < -0.3 is 11.1 Å². The van der Waals surface area contributed by atoms with E-state index in [0.29, 0.717) is 11.3 Å². The van der Waals surface area contributed by atoms with E-state index in [-0.39, 0.29) is 11.5 Å². The van der Waals surface area contributed by atoms with Crippen molar-refractivity contribution in [3.8, 4) is 0 Å². The Kier molecular flexibility index (Phi) is 3.46. The Morgan fingerprint density at radius 2 is 2.00 bits per heavy atom. The summed E-state index contributed by atoms with van der Waals surface area (Å²) in [7, 11) is 0. The molecule has 1 amide bonds. The van der Waals surface area contributed by atoms with Crippen molar-refractivity contribution in [2.45, 2.75) is 13.8 Å². The first-order chi connectivity index (χ1) is 8.95. The van der Waals surface area contributed by atoms with Crippen molar-refractivity contribution in [3.63, 3.8) is 0 Å². The summed E-state index contributed by atoms with van der Waals surface area (Å²) in [5.41, 5.74) is 7.49. The van der Waals surface area contributed by atoms with E-state index in [2.05, 4.69) is 10.3 Å². The number of nitrogens with two attached hydrogens (primary N) is 1. The first-order valence-electron chi connectivity index (χ1n) is 5.77. The number of nitrogens with one attached hydrogen (secondary N) is 1. The summed E-state index contributed by atoms with van der Waals surface area (Å²) in [5, 5.41) is 2.51. The molecule has 2 rings (SSSR count). The smallest absolute Gasteiger partial charge is 0.255 e. The number of aromatic nitrogens is 1. The molecule has 1 aromatic heterocycles. The van der Waals surface area contributed by atoms with E-state index in [0.717, 1.165) is 5.56 Å². The van der Waals surface area contributed by atoms with Gasteiger partial charge in [0.05, 0.1) is 5.69 Å². The SMILES string of the molecule is Cc1ccc(NC(=O)c2cc(C)nc(N)c2)c(F)c1. The van der Waals surface area contributed by atoms with Crippen LogP contribution in [0.1, 0.15) is 21.6 Å². The second kappa shape index (κ2) is 5.06. The predicted octanol–water partition coefficient (Wildman–Crippen LogP) is 2.67. The predicted molar refractivity (Wildman–Crippen MR) is 72.5 cm³/mol. The minimum Gasteiger partial charge on any atom is -0.384 e. The van der Waals surface area contributed by atoms with Crippen molar-refractivity contribution in [3.05, 3.63) is 53.0 Å². The lowest BCUT2D eigenvalue weighted by atomic mass is 10.2. The molecule has 2 aromatic rings. The largest absolute Gasteiger partial charge is 0.384 e. The van der Waals surface area contributed by atoms with Crippen LogP contribution in [0.2, 0.25) is 0 Å². The van der Waals surface area contributed by atoms with Crippen molar-refractivity contribution < 1.29 is 9.18 Å². The van der Waals surface area contributed by atoms with Crippen LogP contribution >= 0.6 is 0 Å². The summed E-state index contributed by atoms with van der Waals surface area (Å²) in [6, 6.07) is 7.67. The molecule has 0 aliphatic heterocycles. The fourth-order valence-electron chi connectivity index (χ4n) is 1.74. The van der Waals surface area contributed by atoms with E-state index in [1.54, 1.807) is 26.0 Å². The molecule has 98 valence electrons. The maximum Gasteiger partial charge on any atom is 0.255 e. The second-order valence-corrected chi connectivity index (χ2v) is 4.36. The highest BCUT2D eigenvalue weighted by molar-refractivity contribution is 6.04. The molecular formula is C14H14FN3O. The Labute approximate surface area is 110 Å². The molecule has 0 fully saturated rings. The van der Waals surface area contributed by atoms with Crippen molar-refractivity contribution in [2.75, 3.05) is 11.1 Å². The molecule has 3 N–H and O–H groups in total. The number of rotatable bonds is 2. The molecule has 0 saturated heterocycles. The zero-order valence-corrected chi connectivity index (χ0v) is 10.7. The number of nitrogen functional groups attached to an aromatic ring is 1. The minimum absolute atomic E-state index is 0.142. The minimum atomic E-state index is -0.466. The van der Waals surface area contributed by atoms with Crippen LogP contribution in [-0.4, -0.2) is 10.9 Å². The molecule has 1 heterocycles. The van der Waals surface area contributed by atoms with Gasteiger partial charge >= 0.3 is 0 Å². The third kappa shape index (κ3) is 3.07. The van der Waals surface area contributed by atoms with Crippen LogP contribution in [0.25, 0.3) is 0 Å². The summed E-state index contributed by atoms with van der Waals surface area (Å²) < 4.78 is 13.6. The molecule has 0 radical (unpaired) electrons. The first-order valence-corrected chi connectivity index (χ1v) is 5.77. The van der Waals surface area contributed by atoms with Crippen LogP contribution in [-0.2, 0) is 0 Å². The van der Waals surface area contributed by atoms with Crippen molar-refractivity contribution in [1.29, 1.82) is 0 Å². The Morgan fingerprint density at radius 3 is 2.63 bits per heavy atom. The number of amides is 1. The number of nitrogens with zero attached hydrogens (tertiary/aromatic N) is 1. The van der Waals surface area contributed by atoms with E-state index < -0.39 is 11.7 Å². The highest BCUT2D eigenvalue weighted by atomic mass is 19.1. The Bertz CT molecular complexity index is 620. The molecule has 0 bridgehead atoms. The third-order valence-electron chi connectivity index (χ3n) is 2.61. The summed E-state index contributed by atoms with van der Waals surface area (Å²) in [6.07, 6.45) is 0. The Hall–Kier alpha value is -2.43. The van der Waals surface area contributed by atoms with Crippen LogP contribution in [0.3, 0.4) is 0 Å². The number of aryl methyl sites for hydroxylation is 2. The van der Waals surface area contributed by atoms with Crippen LogP contribution in [0, 0.1) is 19.7 Å². The van der Waals surface area contributed by atoms with Gasteiger partial charge in [0.15, 0.2) is 0 Å². The maximum absolute atomic E-state index is 13.6. The molecule has 0 unspecified atom stereocenters. The fourth-order valence-corrected chi connectivity index (χ4v) is 1.74. The molecule has 5 heteroatoms. The molecule has 4 nitrogen and oxygen atoms in total. The maximum atomic E-state index is 13.6. The molecular weight excluding hydrogens is 245 g/mol. The van der Waals surface area contributed by atoms with Crippen molar-refractivity contribution in [1.82, 2.24) is 4.98 Å². The van der Waals surface area contributed by atoms with E-state index in [1.165, 1.54) is 18.2 Å². The van der Waals surface area contributed by atoms with Gasteiger partial charge in [-0.25, -0.2) is 9.37 Å². The van der Waals surface area contributed by atoms with Gasteiger partial charge in [0.1, 0.15) is 11.6 Å². The lowest BCUT2D eigenvalue weighted by molar-refractivity contribution is 0.102. The average molecular weight is 259 g/mol. The van der Waals surface area contributed by atoms with Crippen LogP contribution < -0.4 is 11.1 Å². The third-order valence-corrected chi connectivity index (χ3v) is 2.61. The van der Waals surface area contributed by atoms with E-state index in [4.69, 9.17) is 5.73 Å². The molecule has 0 atom stereocenters. The van der Waals surface area contributed by atoms with Gasteiger partial charge in [-0.05, 0) is 43.7 Å². The van der Waals surface area contributed by atoms with Gasteiger partial charge in [-0.2, -0.15) is 0 Å². The van der Waals surface area contributed by atoms with Gasteiger partial charge in [0.2, 0.25) is 0 Å². The van der Waals surface area contributed by atoms with E-state index in [1.807, 2.05) is 0 Å². The number of carbonyl (C=O) groups is 1. The quantitative estimate of drug-likeness (QED) is 0.871. The summed E-state index contributed by atoms with van der Waals surface area (Å²) >= 11 is 0. The fraction of sp³-hybridized carbons (Fsp3) is 0.143. The molecule has 0 aliphatic carbocycles. The van der Waals surface area contributed by atoms with E-state index >= 15 is 0 Å². The van der Waals surface area contributed by atoms with Crippen LogP contribution in [0.5, 0.6) is 0 Å². The van der Waals surface area contributed by atoms with Gasteiger partial charge in [0, 0.05) is 11.3 Å². The van der Waals surface area contributed by atoms with Crippen LogP contribution in [0.15, 0.2) is 30.3 Å². The monoisotopic (exact) mass is 259 g/mol. The average Bonchev–Trinajstić information content (AvgIpc) is 2.31. The molecule has 0 aliphatic rings. The lowest BCUT2D eigenvalue weighted by Crippen LogP contribution is -2.14. The lowest BCUT2D eigenvalue weighted by Gasteiger charge is -2.08. The summed E-state index contributed by atoms with van der Waals surface area (Å²) in [5.74, 6) is -0.624. The standard InChI is InChI=1S/C14H14FN3O/c1-8-3-4-12(11(15)5-8)18-14(19)10-6-9(2)17-13(16)7-10/h3-7H,1-2H3,(H2,16,17)(H,18,19). The summed E-state index contributed by atoms with van der Waals surface area (Å²) in [6.45, 7) is 3.52. The molecule has 0 saturated carbocycles. The zero-order chi connectivity index (χ0) is 14.0. The molecule has 0 spiro atoms. The number of anilines is 2. The Balaban J connectivity index is 2.25. The first kappa shape index (κ1) is 13.0. The molecule has 1 aromatic carbocycles. The van der Waals surface area contributed by atoms with Gasteiger partial charge in [-0.1, -0.05) is 6.07 Å². The normalized spacial score (nSPS) is 10.3. The topological polar surface area (TPSA) is 68.0 Å². The number of hydrogen-bond acceptors (Lipinski definition) is 3. The number of benzene rings is 1. The number of pyridine rings is 1. The van der Waals surface area contributed by atoms with Gasteiger partial charge in [-0.3, -0.25) is 4.79 Å². The number of hydrogen-bond donors (Lipinski definition) is 2. The van der Waals surface area contributed by atoms with Gasteiger partial charge in [-0.15, -0.1) is 0 Å². The van der Waals surface area contributed by atoms with Crippen LogP contribution in [0.4, 0.5) is 15.9 Å². The molecule has 19 heavy (non-hydrogen) atoms. The zero-order valence-electron chi connectivity index (χ0n) is 10.7. The highest BCUT2D eigenvalue weighted by Gasteiger charge is 2.10. The highest BCUT2D eigenvalue weighted by Crippen LogP contribution is 2.17. The second-order valence-electron chi connectivity index (χ2n) is 4.36. The van der Waals surface area contributed by atoms with Crippen molar-refractivity contribution >= 4 is 17.4 Å². The van der Waals surface area contributed by atoms with E-state index in [9.17, 15) is 9.18 Å². The Morgan fingerprint density at radius 1 is 1.26 bits per heavy atom. The summed E-state index contributed by atoms with van der Waals surface area (Å²) in [4.78, 5) is 16.0. The number of carbonyl (C=O) groups excluding carboxylic acids is 1.